The van der Waals surface area contributed by atoms with Gasteiger partial charge >= 0.3 is 6.09 Å². The lowest BCUT2D eigenvalue weighted by Gasteiger charge is -2.35. The molecule has 9 nitrogen and oxygen atoms in total. The van der Waals surface area contributed by atoms with E-state index in [-0.39, 0.29) is 47.7 Å². The highest BCUT2D eigenvalue weighted by Gasteiger charge is 2.39. The Labute approximate surface area is 203 Å². The number of nitrogens with zero attached hydrogens (tertiary/aromatic N) is 2. The zero-order chi connectivity index (χ0) is 24.3. The number of hydrogen-bond acceptors (Lipinski definition) is 6. The van der Waals surface area contributed by atoms with Gasteiger partial charge in [0, 0.05) is 26.1 Å². The molecule has 4 rings (SSSR count). The van der Waals surface area contributed by atoms with Crippen molar-refractivity contribution in [3.63, 3.8) is 0 Å². The van der Waals surface area contributed by atoms with E-state index in [1.807, 2.05) is 30.3 Å². The Bertz CT molecular complexity index is 1150. The molecule has 1 atom stereocenters. The van der Waals surface area contributed by atoms with Gasteiger partial charge in [0.05, 0.1) is 22.2 Å². The maximum Gasteiger partial charge on any atom is 0.410 e. The number of carbonyl (C=O) groups excluding carboxylic acids is 2. The van der Waals surface area contributed by atoms with Crippen LogP contribution in [0.25, 0.3) is 0 Å². The highest BCUT2D eigenvalue weighted by atomic mass is 35.5. The molecular weight excluding hydrogens is 482 g/mol. The number of piperidine rings is 1. The van der Waals surface area contributed by atoms with Gasteiger partial charge in [0.1, 0.15) is 12.4 Å². The molecule has 2 fully saturated rings. The van der Waals surface area contributed by atoms with Crippen molar-refractivity contribution in [2.75, 3.05) is 31.6 Å². The number of nitrogens with one attached hydrogen (secondary N) is 1. The molecule has 2 aromatic carbocycles. The highest BCUT2D eigenvalue weighted by molar-refractivity contribution is 7.89. The number of carbonyl (C=O) groups is 2. The summed E-state index contributed by atoms with van der Waals surface area (Å²) >= 11 is 6.16. The van der Waals surface area contributed by atoms with Crippen LogP contribution in [0.5, 0.6) is 5.75 Å². The van der Waals surface area contributed by atoms with Gasteiger partial charge in [0.15, 0.2) is 6.10 Å². The lowest BCUT2D eigenvalue weighted by molar-refractivity contribution is -0.114. The van der Waals surface area contributed by atoms with Gasteiger partial charge in [-0.3, -0.25) is 4.79 Å². The lowest BCUT2D eigenvalue weighted by atomic mass is 10.1. The summed E-state index contributed by atoms with van der Waals surface area (Å²) in [4.78, 5) is 25.4. The number of benzene rings is 2. The first-order valence-corrected chi connectivity index (χ1v) is 12.8. The lowest BCUT2D eigenvalue weighted by Crippen LogP contribution is -2.47. The summed E-state index contributed by atoms with van der Waals surface area (Å²) in [6, 6.07) is 13.4. The van der Waals surface area contributed by atoms with Crippen LogP contribution in [-0.2, 0) is 19.6 Å². The summed E-state index contributed by atoms with van der Waals surface area (Å²) in [5.74, 6) is 0.412. The number of ether oxygens (including phenoxy) is 2. The van der Waals surface area contributed by atoms with Crippen LogP contribution in [0.4, 0.5) is 10.5 Å². The maximum absolute atomic E-state index is 13.1. The molecule has 0 bridgehead atoms. The molecule has 2 amide bonds. The van der Waals surface area contributed by atoms with Crippen molar-refractivity contribution in [3.05, 3.63) is 53.6 Å². The summed E-state index contributed by atoms with van der Waals surface area (Å²) in [5.41, 5.74) is 0.352. The maximum atomic E-state index is 13.1. The van der Waals surface area contributed by atoms with Crippen molar-refractivity contribution in [1.29, 1.82) is 0 Å². The van der Waals surface area contributed by atoms with Gasteiger partial charge in [-0.25, -0.2) is 13.2 Å². The van der Waals surface area contributed by atoms with Crippen molar-refractivity contribution < 1.29 is 27.5 Å². The number of halogens is 1. The first-order chi connectivity index (χ1) is 16.2. The third-order valence-electron chi connectivity index (χ3n) is 5.83. The largest absolute Gasteiger partial charge is 0.490 e. The van der Waals surface area contributed by atoms with Crippen LogP contribution >= 0.6 is 11.6 Å². The smallest absolute Gasteiger partial charge is 0.410 e. The average molecular weight is 508 g/mol. The van der Waals surface area contributed by atoms with Gasteiger partial charge < -0.3 is 19.7 Å². The van der Waals surface area contributed by atoms with Crippen LogP contribution in [-0.4, -0.2) is 68.0 Å². The van der Waals surface area contributed by atoms with Crippen LogP contribution in [0.2, 0.25) is 5.02 Å². The number of hydrogen-bond donors (Lipinski definition) is 1. The predicted molar refractivity (Wildman–Crippen MR) is 126 cm³/mol. The minimum absolute atomic E-state index is 0.0590. The summed E-state index contributed by atoms with van der Waals surface area (Å²) in [7, 11) is -3.76. The van der Waals surface area contributed by atoms with Crippen molar-refractivity contribution in [3.8, 4) is 5.75 Å². The molecule has 2 aliphatic rings. The molecule has 11 heteroatoms. The van der Waals surface area contributed by atoms with E-state index in [9.17, 15) is 18.0 Å². The fourth-order valence-electron chi connectivity index (χ4n) is 4.12. The van der Waals surface area contributed by atoms with Crippen LogP contribution in [0.3, 0.4) is 0 Å². The molecule has 182 valence electrons. The van der Waals surface area contributed by atoms with E-state index in [4.69, 9.17) is 21.1 Å². The average Bonchev–Trinajstić information content (AvgIpc) is 3.20. The molecule has 0 saturated carbocycles. The first kappa shape index (κ1) is 24.3. The van der Waals surface area contributed by atoms with Crippen molar-refractivity contribution in [2.24, 2.45) is 0 Å². The molecule has 0 radical (unpaired) electrons. The normalized spacial score (nSPS) is 19.6. The molecule has 2 heterocycles. The summed E-state index contributed by atoms with van der Waals surface area (Å²) in [6.07, 6.45) is 0.221. The van der Waals surface area contributed by atoms with Gasteiger partial charge in [0.25, 0.3) is 0 Å². The summed E-state index contributed by atoms with van der Waals surface area (Å²) in [6.45, 7) is 2.55. The molecule has 2 aliphatic heterocycles. The molecule has 2 saturated heterocycles. The summed E-state index contributed by atoms with van der Waals surface area (Å²) in [5, 5.41) is 2.70. The van der Waals surface area contributed by atoms with Crippen LogP contribution < -0.4 is 10.1 Å². The number of cyclic esters (lactones) is 1. The van der Waals surface area contributed by atoms with Gasteiger partial charge in [-0.1, -0.05) is 29.8 Å². The van der Waals surface area contributed by atoms with Crippen LogP contribution in [0.15, 0.2) is 53.4 Å². The Morgan fingerprint density at radius 3 is 2.53 bits per heavy atom. The monoisotopic (exact) mass is 507 g/mol. The Morgan fingerprint density at radius 1 is 1.18 bits per heavy atom. The SMILES string of the molecule is CC(=O)Nc1ccc(S(=O)(=O)N2CCC(N3CC(COc4ccccc4)OC3=O)CC2)cc1Cl. The molecule has 2 aromatic rings. The Balaban J connectivity index is 1.33. The quantitative estimate of drug-likeness (QED) is 0.616. The number of rotatable bonds is 7. The molecule has 0 aliphatic carbocycles. The Morgan fingerprint density at radius 2 is 1.88 bits per heavy atom. The fourth-order valence-corrected chi connectivity index (χ4v) is 5.91. The standard InChI is InChI=1S/C23H26ClN3O6S/c1-16(28)25-22-8-7-20(13-21(22)24)34(30,31)26-11-9-17(10-12-26)27-14-19(33-23(27)29)15-32-18-5-3-2-4-6-18/h2-8,13,17,19H,9-12,14-15H2,1H3,(H,25,28). The summed E-state index contributed by atoms with van der Waals surface area (Å²) < 4.78 is 38.7. The van der Waals surface area contributed by atoms with Gasteiger partial charge in [-0.15, -0.1) is 0 Å². The van der Waals surface area contributed by atoms with E-state index < -0.39 is 16.1 Å². The van der Waals surface area contributed by atoms with E-state index in [1.54, 1.807) is 4.90 Å². The van der Waals surface area contributed by atoms with E-state index in [1.165, 1.54) is 29.4 Å². The van der Waals surface area contributed by atoms with E-state index in [0.717, 1.165) is 0 Å². The van der Waals surface area contributed by atoms with Gasteiger partial charge in [0.2, 0.25) is 15.9 Å². The number of para-hydroxylation sites is 1. The number of amides is 2. The number of sulfonamides is 1. The first-order valence-electron chi connectivity index (χ1n) is 11.0. The second-order valence-electron chi connectivity index (χ2n) is 8.24. The van der Waals surface area contributed by atoms with Gasteiger partial charge in [-0.2, -0.15) is 4.31 Å². The molecule has 1 unspecified atom stereocenters. The van der Waals surface area contributed by atoms with E-state index >= 15 is 0 Å². The predicted octanol–water partition coefficient (Wildman–Crippen LogP) is 3.35. The molecular formula is C23H26ClN3O6S. The Hall–Kier alpha value is -2.82. The zero-order valence-electron chi connectivity index (χ0n) is 18.6. The second-order valence-corrected chi connectivity index (χ2v) is 10.6. The van der Waals surface area contributed by atoms with Crippen molar-refractivity contribution in [1.82, 2.24) is 9.21 Å². The fraction of sp³-hybridized carbons (Fsp3) is 0.391. The highest BCUT2D eigenvalue weighted by Crippen LogP contribution is 2.30. The topological polar surface area (TPSA) is 105 Å². The number of anilines is 1. The molecule has 34 heavy (non-hydrogen) atoms. The van der Waals surface area contributed by atoms with Crippen LogP contribution in [0.1, 0.15) is 19.8 Å². The minimum Gasteiger partial charge on any atom is -0.490 e. The van der Waals surface area contributed by atoms with E-state index in [0.29, 0.717) is 30.8 Å². The van der Waals surface area contributed by atoms with Crippen molar-refractivity contribution in [2.45, 2.75) is 36.8 Å². The third kappa shape index (κ3) is 5.45. The molecule has 1 N–H and O–H groups in total. The molecule has 0 spiro atoms. The minimum atomic E-state index is -3.76. The van der Waals surface area contributed by atoms with Crippen LogP contribution in [0, 0.1) is 0 Å². The molecule has 0 aromatic heterocycles. The van der Waals surface area contributed by atoms with E-state index in [2.05, 4.69) is 5.32 Å². The Kier molecular flexibility index (Phi) is 7.30. The zero-order valence-corrected chi connectivity index (χ0v) is 20.2. The van der Waals surface area contributed by atoms with Gasteiger partial charge in [-0.05, 0) is 43.2 Å². The second kappa shape index (κ2) is 10.2. The third-order valence-corrected chi connectivity index (χ3v) is 8.04. The van der Waals surface area contributed by atoms with Crippen molar-refractivity contribution >= 4 is 39.3 Å².